The SMILES string of the molecule is Cc1cc(S(=O)(=O)NCCN2CCc3ccccc32)ccc1F. The van der Waals surface area contributed by atoms with Crippen LogP contribution < -0.4 is 9.62 Å². The van der Waals surface area contributed by atoms with E-state index in [0.717, 1.165) is 13.0 Å². The number of nitrogens with zero attached hydrogens (tertiary/aromatic N) is 1. The van der Waals surface area contributed by atoms with Crippen molar-refractivity contribution in [2.24, 2.45) is 0 Å². The van der Waals surface area contributed by atoms with E-state index < -0.39 is 15.8 Å². The summed E-state index contributed by atoms with van der Waals surface area (Å²) in [5.74, 6) is -0.405. The van der Waals surface area contributed by atoms with Gasteiger partial charge < -0.3 is 4.90 Å². The van der Waals surface area contributed by atoms with Crippen LogP contribution >= 0.6 is 0 Å². The zero-order chi connectivity index (χ0) is 16.4. The summed E-state index contributed by atoms with van der Waals surface area (Å²) < 4.78 is 40.4. The fraction of sp³-hybridized carbons (Fsp3) is 0.294. The lowest BCUT2D eigenvalue weighted by Gasteiger charge is -2.19. The molecule has 0 amide bonds. The molecule has 0 unspecified atom stereocenters. The fourth-order valence-corrected chi connectivity index (χ4v) is 3.93. The van der Waals surface area contributed by atoms with E-state index in [-0.39, 0.29) is 4.90 Å². The number of hydrogen-bond acceptors (Lipinski definition) is 3. The molecule has 0 atom stereocenters. The Kier molecular flexibility index (Phi) is 4.37. The van der Waals surface area contributed by atoms with E-state index >= 15 is 0 Å². The standard InChI is InChI=1S/C17H19FN2O2S/c1-13-12-15(6-7-16(13)18)23(21,22)19-9-11-20-10-8-14-4-2-3-5-17(14)20/h2-7,12,19H,8-11H2,1H3. The summed E-state index contributed by atoms with van der Waals surface area (Å²) in [6.07, 6.45) is 0.986. The molecular weight excluding hydrogens is 315 g/mol. The van der Waals surface area contributed by atoms with Gasteiger partial charge in [-0.3, -0.25) is 0 Å². The lowest BCUT2D eigenvalue weighted by molar-refractivity contribution is 0.579. The van der Waals surface area contributed by atoms with Crippen molar-refractivity contribution in [3.05, 3.63) is 59.4 Å². The van der Waals surface area contributed by atoms with Gasteiger partial charge in [0, 0.05) is 25.3 Å². The fourth-order valence-electron chi connectivity index (χ4n) is 2.82. The number of nitrogens with one attached hydrogen (secondary N) is 1. The van der Waals surface area contributed by atoms with E-state index in [1.54, 1.807) is 6.92 Å². The third kappa shape index (κ3) is 3.38. The van der Waals surface area contributed by atoms with E-state index in [1.807, 2.05) is 12.1 Å². The number of hydrogen-bond donors (Lipinski definition) is 1. The quantitative estimate of drug-likeness (QED) is 0.914. The first-order valence-corrected chi connectivity index (χ1v) is 9.04. The van der Waals surface area contributed by atoms with Gasteiger partial charge in [-0.1, -0.05) is 18.2 Å². The van der Waals surface area contributed by atoms with Crippen molar-refractivity contribution < 1.29 is 12.8 Å². The molecule has 2 aromatic carbocycles. The highest BCUT2D eigenvalue weighted by Gasteiger charge is 2.19. The largest absolute Gasteiger partial charge is 0.370 e. The zero-order valence-electron chi connectivity index (χ0n) is 12.9. The summed E-state index contributed by atoms with van der Waals surface area (Å²) in [7, 11) is -3.61. The third-order valence-corrected chi connectivity index (χ3v) is 5.56. The Bertz CT molecular complexity index is 821. The summed E-state index contributed by atoms with van der Waals surface area (Å²) in [6, 6.07) is 12.0. The highest BCUT2D eigenvalue weighted by Crippen LogP contribution is 2.26. The van der Waals surface area contributed by atoms with Gasteiger partial charge in [0.25, 0.3) is 0 Å². The monoisotopic (exact) mass is 334 g/mol. The van der Waals surface area contributed by atoms with Crippen LogP contribution in [-0.4, -0.2) is 28.1 Å². The lowest BCUT2D eigenvalue weighted by Crippen LogP contribution is -2.34. The summed E-state index contributed by atoms with van der Waals surface area (Å²) in [4.78, 5) is 2.27. The van der Waals surface area contributed by atoms with E-state index in [9.17, 15) is 12.8 Å². The van der Waals surface area contributed by atoms with Gasteiger partial charge in [-0.05, 0) is 48.7 Å². The number of sulfonamides is 1. The molecular formula is C17H19FN2O2S. The Morgan fingerprint density at radius 1 is 1.22 bits per heavy atom. The van der Waals surface area contributed by atoms with Crippen LogP contribution in [0.15, 0.2) is 47.4 Å². The summed E-state index contributed by atoms with van der Waals surface area (Å²) in [5, 5.41) is 0. The predicted octanol–water partition coefficient (Wildman–Crippen LogP) is 2.48. The molecule has 1 N–H and O–H groups in total. The van der Waals surface area contributed by atoms with Gasteiger partial charge in [0.15, 0.2) is 0 Å². The summed E-state index contributed by atoms with van der Waals surface area (Å²) in [6.45, 7) is 3.37. The molecule has 1 heterocycles. The van der Waals surface area contributed by atoms with Crippen molar-refractivity contribution >= 4 is 15.7 Å². The molecule has 0 aromatic heterocycles. The molecule has 6 heteroatoms. The molecule has 4 nitrogen and oxygen atoms in total. The van der Waals surface area contributed by atoms with Gasteiger partial charge in [0.1, 0.15) is 5.82 Å². The average Bonchev–Trinajstić information content (AvgIpc) is 2.93. The molecule has 122 valence electrons. The highest BCUT2D eigenvalue weighted by molar-refractivity contribution is 7.89. The van der Waals surface area contributed by atoms with Crippen molar-refractivity contribution in [3.8, 4) is 0 Å². The molecule has 1 aliphatic rings. The predicted molar refractivity (Wildman–Crippen MR) is 88.7 cm³/mol. The Morgan fingerprint density at radius 2 is 2.00 bits per heavy atom. The molecule has 23 heavy (non-hydrogen) atoms. The first-order chi connectivity index (χ1) is 11.0. The summed E-state index contributed by atoms with van der Waals surface area (Å²) >= 11 is 0. The molecule has 0 saturated heterocycles. The van der Waals surface area contributed by atoms with Crippen LogP contribution in [0.4, 0.5) is 10.1 Å². The maximum absolute atomic E-state index is 13.3. The minimum atomic E-state index is -3.61. The van der Waals surface area contributed by atoms with Gasteiger partial charge in [-0.2, -0.15) is 0 Å². The van der Waals surface area contributed by atoms with Gasteiger partial charge >= 0.3 is 0 Å². The van der Waals surface area contributed by atoms with Crippen LogP contribution in [0.5, 0.6) is 0 Å². The number of halogens is 1. The summed E-state index contributed by atoms with van der Waals surface area (Å²) in [5.41, 5.74) is 2.79. The van der Waals surface area contributed by atoms with Crippen LogP contribution in [0.25, 0.3) is 0 Å². The van der Waals surface area contributed by atoms with Crippen molar-refractivity contribution in [1.29, 1.82) is 0 Å². The van der Waals surface area contributed by atoms with Crippen LogP contribution in [-0.2, 0) is 16.4 Å². The Labute approximate surface area is 136 Å². The Hall–Kier alpha value is -1.92. The molecule has 0 saturated carbocycles. The van der Waals surface area contributed by atoms with E-state index in [0.29, 0.717) is 18.7 Å². The molecule has 0 radical (unpaired) electrons. The van der Waals surface area contributed by atoms with Gasteiger partial charge in [-0.15, -0.1) is 0 Å². The topological polar surface area (TPSA) is 49.4 Å². The van der Waals surface area contributed by atoms with Crippen LogP contribution in [0.2, 0.25) is 0 Å². The maximum Gasteiger partial charge on any atom is 0.240 e. The number of aryl methyl sites for hydroxylation is 1. The van der Waals surface area contributed by atoms with Crippen LogP contribution in [0.3, 0.4) is 0 Å². The minimum Gasteiger partial charge on any atom is -0.370 e. The molecule has 3 rings (SSSR count). The maximum atomic E-state index is 13.3. The number of rotatable bonds is 5. The molecule has 0 bridgehead atoms. The Morgan fingerprint density at radius 3 is 2.78 bits per heavy atom. The average molecular weight is 334 g/mol. The van der Waals surface area contributed by atoms with Crippen LogP contribution in [0, 0.1) is 12.7 Å². The highest BCUT2D eigenvalue weighted by atomic mass is 32.2. The van der Waals surface area contributed by atoms with Crippen molar-refractivity contribution in [2.75, 3.05) is 24.5 Å². The number of para-hydroxylation sites is 1. The number of benzene rings is 2. The number of anilines is 1. The van der Waals surface area contributed by atoms with Gasteiger partial charge in [0.05, 0.1) is 4.90 Å². The smallest absolute Gasteiger partial charge is 0.240 e. The first-order valence-electron chi connectivity index (χ1n) is 7.56. The molecule has 0 fully saturated rings. The molecule has 2 aromatic rings. The van der Waals surface area contributed by atoms with E-state index in [2.05, 4.69) is 21.8 Å². The molecule has 0 spiro atoms. The minimum absolute atomic E-state index is 0.0956. The third-order valence-electron chi connectivity index (χ3n) is 4.10. The second-order valence-corrected chi connectivity index (χ2v) is 7.44. The van der Waals surface area contributed by atoms with Crippen LogP contribution in [0.1, 0.15) is 11.1 Å². The van der Waals surface area contributed by atoms with Crippen molar-refractivity contribution in [2.45, 2.75) is 18.2 Å². The molecule has 1 aliphatic heterocycles. The normalized spacial score (nSPS) is 14.1. The van der Waals surface area contributed by atoms with E-state index in [4.69, 9.17) is 0 Å². The molecule has 0 aliphatic carbocycles. The van der Waals surface area contributed by atoms with Gasteiger partial charge in [-0.25, -0.2) is 17.5 Å². The van der Waals surface area contributed by atoms with Gasteiger partial charge in [0.2, 0.25) is 10.0 Å². The first kappa shape index (κ1) is 16.0. The lowest BCUT2D eigenvalue weighted by atomic mass is 10.2. The number of fused-ring (bicyclic) bond motifs is 1. The zero-order valence-corrected chi connectivity index (χ0v) is 13.7. The van der Waals surface area contributed by atoms with E-state index in [1.165, 1.54) is 29.4 Å². The second kappa shape index (κ2) is 6.29. The second-order valence-electron chi connectivity index (χ2n) is 5.67. The van der Waals surface area contributed by atoms with Crippen molar-refractivity contribution in [1.82, 2.24) is 4.72 Å². The Balaban J connectivity index is 1.63. The van der Waals surface area contributed by atoms with Crippen molar-refractivity contribution in [3.63, 3.8) is 0 Å².